The predicted molar refractivity (Wildman–Crippen MR) is 87.2 cm³/mol. The molecule has 0 fully saturated rings. The van der Waals surface area contributed by atoms with E-state index in [1.54, 1.807) is 18.2 Å². The zero-order valence-corrected chi connectivity index (χ0v) is 13.6. The van der Waals surface area contributed by atoms with Crippen LogP contribution < -0.4 is 5.32 Å². The van der Waals surface area contributed by atoms with E-state index < -0.39 is 17.4 Å². The number of halogens is 1. The van der Waals surface area contributed by atoms with Crippen LogP contribution in [0.15, 0.2) is 47.3 Å². The molecule has 0 radical (unpaired) electrons. The Labute approximate surface area is 139 Å². The van der Waals surface area contributed by atoms with Crippen molar-refractivity contribution in [2.45, 2.75) is 32.1 Å². The van der Waals surface area contributed by atoms with Gasteiger partial charge in [-0.25, -0.2) is 9.59 Å². The van der Waals surface area contributed by atoms with Crippen molar-refractivity contribution >= 4 is 23.5 Å². The van der Waals surface area contributed by atoms with Crippen molar-refractivity contribution < 1.29 is 19.8 Å². The summed E-state index contributed by atoms with van der Waals surface area (Å²) in [6.45, 7) is 3.77. The molecule has 1 atom stereocenters. The Kier molecular flexibility index (Phi) is 4.80. The average molecular weight is 336 g/mol. The smallest absolute Gasteiger partial charge is 0.352 e. The van der Waals surface area contributed by atoms with E-state index in [9.17, 15) is 19.8 Å². The van der Waals surface area contributed by atoms with E-state index in [2.05, 4.69) is 5.32 Å². The van der Waals surface area contributed by atoms with E-state index in [0.29, 0.717) is 23.4 Å². The molecule has 3 N–H and O–H groups in total. The molecule has 1 aromatic carbocycles. The molecule has 1 aliphatic rings. The molecule has 0 saturated heterocycles. The third kappa shape index (κ3) is 2.97. The molecule has 0 spiro atoms. The molecule has 122 valence electrons. The highest BCUT2D eigenvalue weighted by molar-refractivity contribution is 6.30. The summed E-state index contributed by atoms with van der Waals surface area (Å²) in [5.74, 6) is -2.36. The molecule has 0 amide bonds. The lowest BCUT2D eigenvalue weighted by Gasteiger charge is -2.38. The number of carboxylic acids is 2. The molecule has 6 heteroatoms. The van der Waals surface area contributed by atoms with Crippen LogP contribution in [0, 0.1) is 0 Å². The van der Waals surface area contributed by atoms with Crippen LogP contribution in [0.1, 0.15) is 32.3 Å². The minimum Gasteiger partial charge on any atom is -0.477 e. The quantitative estimate of drug-likeness (QED) is 0.768. The molecule has 23 heavy (non-hydrogen) atoms. The van der Waals surface area contributed by atoms with Crippen LogP contribution in [0.25, 0.3) is 0 Å². The van der Waals surface area contributed by atoms with Gasteiger partial charge in [-0.05, 0) is 42.2 Å². The fraction of sp³-hybridized carbons (Fsp3) is 0.294. The average Bonchev–Trinajstić information content (AvgIpc) is 2.53. The zero-order chi connectivity index (χ0) is 17.2. The van der Waals surface area contributed by atoms with E-state index in [1.807, 2.05) is 26.0 Å². The van der Waals surface area contributed by atoms with Crippen molar-refractivity contribution in [1.29, 1.82) is 0 Å². The Morgan fingerprint density at radius 1 is 1.13 bits per heavy atom. The molecule has 0 aromatic heterocycles. The lowest BCUT2D eigenvalue weighted by molar-refractivity contribution is -0.133. The number of nitrogens with one attached hydrogen (secondary N) is 1. The molecule has 1 heterocycles. The Morgan fingerprint density at radius 3 is 2.17 bits per heavy atom. The van der Waals surface area contributed by atoms with Gasteiger partial charge in [0.25, 0.3) is 0 Å². The molecule has 0 bridgehead atoms. The van der Waals surface area contributed by atoms with E-state index >= 15 is 0 Å². The molecule has 2 rings (SSSR count). The number of aliphatic carboxylic acids is 2. The summed E-state index contributed by atoms with van der Waals surface area (Å²) in [5.41, 5.74) is 0.493. The van der Waals surface area contributed by atoms with Crippen molar-refractivity contribution in [3.8, 4) is 0 Å². The number of dihydropyridines is 1. The molecule has 5 nitrogen and oxygen atoms in total. The minimum atomic E-state index is -1.19. The van der Waals surface area contributed by atoms with E-state index in [-0.39, 0.29) is 11.4 Å². The van der Waals surface area contributed by atoms with Crippen LogP contribution in [0.4, 0.5) is 0 Å². The predicted octanol–water partition coefficient (Wildman–Crippen LogP) is 3.31. The summed E-state index contributed by atoms with van der Waals surface area (Å²) in [7, 11) is 0. The first kappa shape index (κ1) is 17.1. The van der Waals surface area contributed by atoms with E-state index in [1.165, 1.54) is 0 Å². The third-order valence-electron chi connectivity index (χ3n) is 4.21. The summed E-state index contributed by atoms with van der Waals surface area (Å²) in [5, 5.41) is 22.0. The molecule has 1 aliphatic heterocycles. The first-order valence-corrected chi connectivity index (χ1v) is 7.69. The van der Waals surface area contributed by atoms with Crippen LogP contribution >= 0.6 is 11.6 Å². The molecule has 1 aromatic rings. The Hall–Kier alpha value is -2.27. The Bertz CT molecular complexity index is 706. The summed E-state index contributed by atoms with van der Waals surface area (Å²) in [6.07, 6.45) is 2.62. The van der Waals surface area contributed by atoms with Crippen molar-refractivity contribution in [2.24, 2.45) is 0 Å². The first-order valence-electron chi connectivity index (χ1n) is 7.31. The Balaban J connectivity index is 2.77. The highest BCUT2D eigenvalue weighted by Crippen LogP contribution is 2.43. The third-order valence-corrected chi connectivity index (χ3v) is 4.46. The largest absolute Gasteiger partial charge is 0.477 e. The normalized spacial score (nSPS) is 20.7. The fourth-order valence-corrected chi connectivity index (χ4v) is 3.24. The number of carboxylic acid groups (broad SMARTS) is 2. The van der Waals surface area contributed by atoms with Crippen molar-refractivity contribution in [1.82, 2.24) is 5.32 Å². The van der Waals surface area contributed by atoms with Crippen molar-refractivity contribution in [3.05, 3.63) is 57.9 Å². The second-order valence-electron chi connectivity index (χ2n) is 5.33. The van der Waals surface area contributed by atoms with Crippen LogP contribution in [0.5, 0.6) is 0 Å². The highest BCUT2D eigenvalue weighted by Gasteiger charge is 2.40. The topological polar surface area (TPSA) is 86.6 Å². The van der Waals surface area contributed by atoms with Gasteiger partial charge >= 0.3 is 11.9 Å². The fourth-order valence-electron chi connectivity index (χ4n) is 3.12. The zero-order valence-electron chi connectivity index (χ0n) is 12.9. The van der Waals surface area contributed by atoms with Crippen molar-refractivity contribution in [3.63, 3.8) is 0 Å². The monoisotopic (exact) mass is 335 g/mol. The number of rotatable bonds is 5. The number of hydrogen-bond donors (Lipinski definition) is 3. The second kappa shape index (κ2) is 6.46. The van der Waals surface area contributed by atoms with Gasteiger partial charge in [-0.15, -0.1) is 0 Å². The van der Waals surface area contributed by atoms with Crippen LogP contribution in [-0.2, 0) is 15.0 Å². The minimum absolute atomic E-state index is 0.0656. The second-order valence-corrected chi connectivity index (χ2v) is 5.77. The van der Waals surface area contributed by atoms with Gasteiger partial charge in [-0.3, -0.25) is 0 Å². The van der Waals surface area contributed by atoms with Gasteiger partial charge in [0.05, 0.1) is 0 Å². The summed E-state index contributed by atoms with van der Waals surface area (Å²) < 4.78 is 0. The van der Waals surface area contributed by atoms with Crippen LogP contribution in [-0.4, -0.2) is 22.2 Å². The van der Waals surface area contributed by atoms with Crippen LogP contribution in [0.3, 0.4) is 0 Å². The molecule has 0 aliphatic carbocycles. The number of hydrogen-bond acceptors (Lipinski definition) is 3. The highest BCUT2D eigenvalue weighted by atomic mass is 35.5. The van der Waals surface area contributed by atoms with Crippen molar-refractivity contribution in [2.75, 3.05) is 0 Å². The number of carbonyl (C=O) groups is 2. The van der Waals surface area contributed by atoms with E-state index in [0.717, 1.165) is 5.56 Å². The molecule has 1 unspecified atom stereocenters. The number of allylic oxidation sites excluding steroid dienone is 2. The maximum Gasteiger partial charge on any atom is 0.352 e. The Morgan fingerprint density at radius 2 is 1.74 bits per heavy atom. The maximum absolute atomic E-state index is 11.6. The van der Waals surface area contributed by atoms with Gasteiger partial charge in [0.1, 0.15) is 11.4 Å². The lowest BCUT2D eigenvalue weighted by atomic mass is 9.68. The molecular weight excluding hydrogens is 318 g/mol. The maximum atomic E-state index is 11.6. The van der Waals surface area contributed by atoms with Gasteiger partial charge in [0.15, 0.2) is 0 Å². The van der Waals surface area contributed by atoms with Gasteiger partial charge in [0.2, 0.25) is 0 Å². The molecule has 0 saturated carbocycles. The van der Waals surface area contributed by atoms with Gasteiger partial charge < -0.3 is 15.5 Å². The standard InChI is InChI=1S/C17H18ClNO4/c1-3-12-14(16(22)23)19-13(15(20)21)9-17(12,4-2)10-5-7-11(18)8-6-10/h5-9,19H,3-4H2,1-2H3,(H,20,21)(H,22,23). The van der Waals surface area contributed by atoms with Gasteiger partial charge in [0, 0.05) is 10.4 Å². The summed E-state index contributed by atoms with van der Waals surface area (Å²) >= 11 is 5.94. The number of benzene rings is 1. The van der Waals surface area contributed by atoms with Gasteiger partial charge in [-0.2, -0.15) is 0 Å². The SMILES string of the molecule is CCC1=C(C(=O)O)NC(C(=O)O)=CC1(CC)c1ccc(Cl)cc1. The lowest BCUT2D eigenvalue weighted by Crippen LogP contribution is -2.39. The molecular formula is C17H18ClNO4. The summed E-state index contributed by atoms with van der Waals surface area (Å²) in [4.78, 5) is 23.1. The van der Waals surface area contributed by atoms with Crippen LogP contribution in [0.2, 0.25) is 5.02 Å². The van der Waals surface area contributed by atoms with E-state index in [4.69, 9.17) is 11.6 Å². The summed E-state index contributed by atoms with van der Waals surface area (Å²) in [6, 6.07) is 7.06. The van der Waals surface area contributed by atoms with Gasteiger partial charge in [-0.1, -0.05) is 37.6 Å². The first-order chi connectivity index (χ1) is 10.9.